The lowest BCUT2D eigenvalue weighted by atomic mass is 10.4. The maximum absolute atomic E-state index is 10.3. The molecule has 0 saturated carbocycles. The van der Waals surface area contributed by atoms with Crippen LogP contribution in [0.1, 0.15) is 6.42 Å². The first kappa shape index (κ1) is 10.2. The van der Waals surface area contributed by atoms with Crippen molar-refractivity contribution in [3.8, 4) is 5.88 Å². The molecule has 0 saturated heterocycles. The third-order valence-corrected chi connectivity index (χ3v) is 1.50. The molecule has 0 aliphatic carbocycles. The highest BCUT2D eigenvalue weighted by Gasteiger charge is 2.04. The number of ether oxygens (including phenoxy) is 1. The average Bonchev–Trinajstić information content (AvgIpc) is 2.19. The first-order valence-electron chi connectivity index (χ1n) is 4.08. The first-order chi connectivity index (χ1) is 6.74. The zero-order valence-corrected chi connectivity index (χ0v) is 7.55. The Hall–Kier alpha value is -1.91. The third kappa shape index (κ3) is 2.85. The van der Waals surface area contributed by atoms with Crippen molar-refractivity contribution >= 4 is 5.69 Å². The Bertz CT molecular complexity index is 321. The zero-order chi connectivity index (χ0) is 10.4. The van der Waals surface area contributed by atoms with Crippen molar-refractivity contribution in [2.24, 2.45) is 0 Å². The van der Waals surface area contributed by atoms with Gasteiger partial charge in [-0.2, -0.15) is 0 Å². The van der Waals surface area contributed by atoms with Gasteiger partial charge in [-0.15, -0.1) is 6.58 Å². The van der Waals surface area contributed by atoms with Gasteiger partial charge in [0.1, 0.15) is 6.20 Å². The Morgan fingerprint density at radius 1 is 1.64 bits per heavy atom. The first-order valence-corrected chi connectivity index (χ1v) is 4.08. The van der Waals surface area contributed by atoms with Crippen LogP contribution in [-0.2, 0) is 0 Å². The minimum atomic E-state index is -0.499. The summed E-state index contributed by atoms with van der Waals surface area (Å²) in [5, 5.41) is 10.3. The van der Waals surface area contributed by atoms with Crippen LogP contribution < -0.4 is 4.74 Å². The van der Waals surface area contributed by atoms with Crippen molar-refractivity contribution in [1.82, 2.24) is 4.98 Å². The summed E-state index contributed by atoms with van der Waals surface area (Å²) in [6.45, 7) is 4.02. The highest BCUT2D eigenvalue weighted by molar-refractivity contribution is 5.28. The summed E-state index contributed by atoms with van der Waals surface area (Å²) in [4.78, 5) is 13.6. The van der Waals surface area contributed by atoms with E-state index in [4.69, 9.17) is 4.74 Å². The largest absolute Gasteiger partial charge is 0.477 e. The standard InChI is InChI=1S/C9H10N2O3/c1-2-3-6-14-9-5-4-8(7-10-9)11(12)13/h2,4-5,7H,1,3,6H2. The summed E-state index contributed by atoms with van der Waals surface area (Å²) < 4.78 is 5.18. The van der Waals surface area contributed by atoms with Crippen LogP contribution in [0.4, 0.5) is 5.69 Å². The fourth-order valence-corrected chi connectivity index (χ4v) is 0.813. The van der Waals surface area contributed by atoms with Crippen LogP contribution in [0.3, 0.4) is 0 Å². The number of hydrogen-bond donors (Lipinski definition) is 0. The minimum absolute atomic E-state index is 0.0407. The van der Waals surface area contributed by atoms with Crippen molar-refractivity contribution in [3.63, 3.8) is 0 Å². The number of nitro groups is 1. The van der Waals surface area contributed by atoms with Gasteiger partial charge in [0, 0.05) is 12.1 Å². The van der Waals surface area contributed by atoms with E-state index in [1.807, 2.05) is 0 Å². The van der Waals surface area contributed by atoms with Crippen LogP contribution in [0.2, 0.25) is 0 Å². The molecule has 0 amide bonds. The van der Waals surface area contributed by atoms with Crippen molar-refractivity contribution in [2.45, 2.75) is 6.42 Å². The van der Waals surface area contributed by atoms with Gasteiger partial charge in [-0.25, -0.2) is 4.98 Å². The molecule has 0 bridgehead atoms. The molecule has 0 aromatic carbocycles. The smallest absolute Gasteiger partial charge is 0.287 e. The molecule has 74 valence electrons. The quantitative estimate of drug-likeness (QED) is 0.311. The number of nitrogens with zero attached hydrogens (tertiary/aromatic N) is 2. The molecule has 1 heterocycles. The van der Waals surface area contributed by atoms with E-state index in [0.29, 0.717) is 12.5 Å². The molecular formula is C9H10N2O3. The van der Waals surface area contributed by atoms with Crippen LogP contribution in [0.15, 0.2) is 31.0 Å². The van der Waals surface area contributed by atoms with E-state index in [1.165, 1.54) is 18.3 Å². The van der Waals surface area contributed by atoms with Crippen molar-refractivity contribution in [1.29, 1.82) is 0 Å². The molecular weight excluding hydrogens is 184 g/mol. The van der Waals surface area contributed by atoms with Crippen LogP contribution in [0.25, 0.3) is 0 Å². The Balaban J connectivity index is 2.55. The van der Waals surface area contributed by atoms with Gasteiger partial charge in [0.25, 0.3) is 5.69 Å². The molecule has 0 aliphatic rings. The van der Waals surface area contributed by atoms with Gasteiger partial charge in [-0.1, -0.05) is 6.08 Å². The molecule has 0 radical (unpaired) electrons. The van der Waals surface area contributed by atoms with E-state index in [2.05, 4.69) is 11.6 Å². The van der Waals surface area contributed by atoms with E-state index < -0.39 is 4.92 Å². The fraction of sp³-hybridized carbons (Fsp3) is 0.222. The second-order valence-electron chi connectivity index (χ2n) is 2.54. The molecule has 0 fully saturated rings. The molecule has 0 N–H and O–H groups in total. The SMILES string of the molecule is C=CCCOc1ccc([N+](=O)[O-])cn1. The lowest BCUT2D eigenvalue weighted by molar-refractivity contribution is -0.385. The number of pyridine rings is 1. The Morgan fingerprint density at radius 2 is 2.43 bits per heavy atom. The van der Waals surface area contributed by atoms with Gasteiger partial charge in [-0.05, 0) is 6.42 Å². The van der Waals surface area contributed by atoms with Crippen molar-refractivity contribution < 1.29 is 9.66 Å². The summed E-state index contributed by atoms with van der Waals surface area (Å²) in [6.07, 6.45) is 3.62. The topological polar surface area (TPSA) is 65.3 Å². The molecule has 5 nitrogen and oxygen atoms in total. The second-order valence-corrected chi connectivity index (χ2v) is 2.54. The minimum Gasteiger partial charge on any atom is -0.477 e. The van der Waals surface area contributed by atoms with Crippen LogP contribution in [0, 0.1) is 10.1 Å². The number of hydrogen-bond acceptors (Lipinski definition) is 4. The third-order valence-electron chi connectivity index (χ3n) is 1.50. The predicted molar refractivity (Wildman–Crippen MR) is 51.2 cm³/mol. The van der Waals surface area contributed by atoms with Gasteiger partial charge >= 0.3 is 0 Å². The average molecular weight is 194 g/mol. The van der Waals surface area contributed by atoms with Crippen LogP contribution in [0.5, 0.6) is 5.88 Å². The summed E-state index contributed by atoms with van der Waals surface area (Å²) in [6, 6.07) is 2.83. The van der Waals surface area contributed by atoms with Gasteiger partial charge in [0.2, 0.25) is 5.88 Å². The Morgan fingerprint density at radius 3 is 2.93 bits per heavy atom. The van der Waals surface area contributed by atoms with Crippen LogP contribution >= 0.6 is 0 Å². The summed E-state index contributed by atoms with van der Waals surface area (Å²) in [5.41, 5.74) is -0.0407. The molecule has 0 spiro atoms. The van der Waals surface area contributed by atoms with E-state index in [9.17, 15) is 10.1 Å². The van der Waals surface area contributed by atoms with Crippen LogP contribution in [-0.4, -0.2) is 16.5 Å². The summed E-state index contributed by atoms with van der Waals surface area (Å²) in [5.74, 6) is 0.387. The summed E-state index contributed by atoms with van der Waals surface area (Å²) in [7, 11) is 0. The lowest BCUT2D eigenvalue weighted by Crippen LogP contribution is -1.98. The Labute approximate surface area is 81.2 Å². The van der Waals surface area contributed by atoms with Crippen molar-refractivity contribution in [3.05, 3.63) is 41.1 Å². The summed E-state index contributed by atoms with van der Waals surface area (Å²) >= 11 is 0. The van der Waals surface area contributed by atoms with Crippen molar-refractivity contribution in [2.75, 3.05) is 6.61 Å². The molecule has 1 aromatic heterocycles. The molecule has 0 atom stereocenters. The lowest BCUT2D eigenvalue weighted by Gasteiger charge is -2.01. The molecule has 0 aliphatic heterocycles. The molecule has 1 aromatic rings. The normalized spacial score (nSPS) is 9.43. The predicted octanol–water partition coefficient (Wildman–Crippen LogP) is 1.94. The van der Waals surface area contributed by atoms with Gasteiger partial charge in [0.15, 0.2) is 0 Å². The highest BCUT2D eigenvalue weighted by Crippen LogP contribution is 2.13. The zero-order valence-electron chi connectivity index (χ0n) is 7.55. The Kier molecular flexibility index (Phi) is 3.60. The van der Waals surface area contributed by atoms with Gasteiger partial charge in [-0.3, -0.25) is 10.1 Å². The molecule has 14 heavy (non-hydrogen) atoms. The van der Waals surface area contributed by atoms with Gasteiger partial charge in [0.05, 0.1) is 11.5 Å². The van der Waals surface area contributed by atoms with E-state index in [0.717, 1.165) is 6.42 Å². The maximum atomic E-state index is 10.3. The monoisotopic (exact) mass is 194 g/mol. The molecule has 1 rings (SSSR count). The number of rotatable bonds is 5. The second kappa shape index (κ2) is 4.96. The maximum Gasteiger partial charge on any atom is 0.287 e. The van der Waals surface area contributed by atoms with E-state index >= 15 is 0 Å². The van der Waals surface area contributed by atoms with E-state index in [1.54, 1.807) is 6.08 Å². The molecule has 0 unspecified atom stereocenters. The fourth-order valence-electron chi connectivity index (χ4n) is 0.813. The van der Waals surface area contributed by atoms with E-state index in [-0.39, 0.29) is 5.69 Å². The highest BCUT2D eigenvalue weighted by atomic mass is 16.6. The van der Waals surface area contributed by atoms with Gasteiger partial charge < -0.3 is 4.74 Å². The molecule has 5 heteroatoms. The number of aromatic nitrogens is 1.